The number of carbonyl (C=O) groups excluding carboxylic acids is 1. The van der Waals surface area contributed by atoms with Crippen LogP contribution < -0.4 is 4.74 Å². The third kappa shape index (κ3) is 1.68. The molecule has 0 radical (unpaired) electrons. The zero-order valence-corrected chi connectivity index (χ0v) is 9.26. The third-order valence-electron chi connectivity index (χ3n) is 2.16. The lowest BCUT2D eigenvalue weighted by atomic mass is 10.1. The Morgan fingerprint density at radius 2 is 2.27 bits per heavy atom. The van der Waals surface area contributed by atoms with Crippen LogP contribution in [0.5, 0.6) is 5.75 Å². The number of aryl methyl sites for hydroxylation is 1. The summed E-state index contributed by atoms with van der Waals surface area (Å²) in [4.78, 5) is 12.7. The summed E-state index contributed by atoms with van der Waals surface area (Å²) in [6.45, 7) is 1.77. The van der Waals surface area contributed by atoms with E-state index in [9.17, 15) is 4.79 Å². The van der Waals surface area contributed by atoms with E-state index in [1.54, 1.807) is 26.2 Å². The number of thiophene rings is 1. The van der Waals surface area contributed by atoms with Crippen LogP contribution in [0.15, 0.2) is 28.2 Å². The van der Waals surface area contributed by atoms with Crippen LogP contribution in [0, 0.1) is 6.92 Å². The molecule has 2 aromatic heterocycles. The summed E-state index contributed by atoms with van der Waals surface area (Å²) in [5.74, 6) is 1.20. The predicted molar refractivity (Wildman–Crippen MR) is 57.7 cm³/mol. The molecule has 3 nitrogen and oxygen atoms in total. The van der Waals surface area contributed by atoms with E-state index >= 15 is 0 Å². The molecule has 0 amide bonds. The Balaban J connectivity index is 2.41. The molecule has 0 atom stereocenters. The van der Waals surface area contributed by atoms with Gasteiger partial charge in [0.05, 0.1) is 18.9 Å². The number of rotatable bonds is 3. The lowest BCUT2D eigenvalue weighted by Crippen LogP contribution is -2.00. The number of ether oxygens (including phenoxy) is 1. The van der Waals surface area contributed by atoms with Gasteiger partial charge in [-0.2, -0.15) is 0 Å². The first-order valence-corrected chi connectivity index (χ1v) is 5.32. The van der Waals surface area contributed by atoms with Crippen molar-refractivity contribution in [2.45, 2.75) is 6.92 Å². The van der Waals surface area contributed by atoms with Gasteiger partial charge in [0.15, 0.2) is 0 Å². The van der Waals surface area contributed by atoms with E-state index in [0.29, 0.717) is 22.0 Å². The molecule has 0 saturated heterocycles. The molecule has 0 aliphatic heterocycles. The normalized spacial score (nSPS) is 10.3. The summed E-state index contributed by atoms with van der Waals surface area (Å²) in [6.07, 6.45) is 1.52. The zero-order chi connectivity index (χ0) is 10.8. The van der Waals surface area contributed by atoms with Crippen LogP contribution >= 0.6 is 11.3 Å². The summed E-state index contributed by atoms with van der Waals surface area (Å²) >= 11 is 1.37. The van der Waals surface area contributed by atoms with Crippen molar-refractivity contribution >= 4 is 17.1 Å². The average molecular weight is 222 g/mol. The highest BCUT2D eigenvalue weighted by molar-refractivity contribution is 7.12. The van der Waals surface area contributed by atoms with Gasteiger partial charge in [0, 0.05) is 0 Å². The smallest absolute Gasteiger partial charge is 0.210 e. The predicted octanol–water partition coefficient (Wildman–Crippen LogP) is 2.89. The molecule has 0 aliphatic rings. The second-order valence-electron chi connectivity index (χ2n) is 3.04. The second-order valence-corrected chi connectivity index (χ2v) is 3.95. The molecular weight excluding hydrogens is 212 g/mol. The zero-order valence-electron chi connectivity index (χ0n) is 8.44. The van der Waals surface area contributed by atoms with Gasteiger partial charge in [-0.15, -0.1) is 11.3 Å². The Bertz CT molecular complexity index is 481. The molecule has 0 aromatic carbocycles. The van der Waals surface area contributed by atoms with Gasteiger partial charge < -0.3 is 9.15 Å². The molecule has 0 bridgehead atoms. The first-order valence-electron chi connectivity index (χ1n) is 4.44. The van der Waals surface area contributed by atoms with Crippen molar-refractivity contribution in [2.75, 3.05) is 7.11 Å². The fourth-order valence-electron chi connectivity index (χ4n) is 1.37. The van der Waals surface area contributed by atoms with Gasteiger partial charge in [0.25, 0.3) is 0 Å². The fraction of sp³-hybridized carbons (Fsp3) is 0.182. The highest BCUT2D eigenvalue weighted by Crippen LogP contribution is 2.28. The number of methoxy groups -OCH3 is 1. The van der Waals surface area contributed by atoms with Crippen molar-refractivity contribution in [3.05, 3.63) is 40.0 Å². The van der Waals surface area contributed by atoms with E-state index in [0.717, 1.165) is 0 Å². The van der Waals surface area contributed by atoms with Gasteiger partial charge >= 0.3 is 0 Å². The summed E-state index contributed by atoms with van der Waals surface area (Å²) in [5.41, 5.74) is 0.593. The summed E-state index contributed by atoms with van der Waals surface area (Å²) in [7, 11) is 1.56. The maximum absolute atomic E-state index is 12.0. The Hall–Kier alpha value is -1.55. The lowest BCUT2D eigenvalue weighted by molar-refractivity contribution is 0.103. The van der Waals surface area contributed by atoms with Gasteiger partial charge in [0.2, 0.25) is 5.78 Å². The van der Waals surface area contributed by atoms with Crippen molar-refractivity contribution < 1.29 is 13.9 Å². The molecule has 4 heteroatoms. The molecule has 2 heterocycles. The first-order chi connectivity index (χ1) is 7.24. The summed E-state index contributed by atoms with van der Waals surface area (Å²) in [6, 6.07) is 3.46. The van der Waals surface area contributed by atoms with E-state index in [4.69, 9.17) is 9.15 Å². The third-order valence-corrected chi connectivity index (χ3v) is 3.05. The molecule has 0 saturated carbocycles. The van der Waals surface area contributed by atoms with Crippen molar-refractivity contribution in [3.8, 4) is 5.75 Å². The highest BCUT2D eigenvalue weighted by atomic mass is 32.1. The van der Waals surface area contributed by atoms with E-state index < -0.39 is 0 Å². The minimum Gasteiger partial charge on any atom is -0.495 e. The monoisotopic (exact) mass is 222 g/mol. The van der Waals surface area contributed by atoms with Gasteiger partial charge in [-0.05, 0) is 24.4 Å². The van der Waals surface area contributed by atoms with Crippen molar-refractivity contribution in [1.82, 2.24) is 0 Å². The van der Waals surface area contributed by atoms with Crippen molar-refractivity contribution in [3.63, 3.8) is 0 Å². The van der Waals surface area contributed by atoms with E-state index in [1.165, 1.54) is 17.6 Å². The van der Waals surface area contributed by atoms with Crippen LogP contribution in [0.2, 0.25) is 0 Å². The molecular formula is C11H10O3S. The minimum atomic E-state index is -0.0481. The minimum absolute atomic E-state index is 0.0481. The second kappa shape index (κ2) is 3.90. The van der Waals surface area contributed by atoms with E-state index in [-0.39, 0.29) is 5.78 Å². The van der Waals surface area contributed by atoms with E-state index in [2.05, 4.69) is 0 Å². The van der Waals surface area contributed by atoms with E-state index in [1.807, 2.05) is 5.38 Å². The van der Waals surface area contributed by atoms with Crippen LogP contribution in [0.3, 0.4) is 0 Å². The number of hydrogen-bond donors (Lipinski definition) is 0. The lowest BCUT2D eigenvalue weighted by Gasteiger charge is -2.00. The van der Waals surface area contributed by atoms with Crippen LogP contribution in [0.1, 0.15) is 21.0 Å². The van der Waals surface area contributed by atoms with Crippen molar-refractivity contribution in [2.24, 2.45) is 0 Å². The molecule has 78 valence electrons. The Morgan fingerprint density at radius 1 is 1.47 bits per heavy atom. The molecule has 0 aliphatic carbocycles. The largest absolute Gasteiger partial charge is 0.495 e. The fourth-order valence-corrected chi connectivity index (χ4v) is 2.18. The molecule has 2 aromatic rings. The number of furan rings is 1. The SMILES string of the molecule is COc1ccsc1C(=O)c1ccoc1C. The number of ketones is 1. The molecule has 0 spiro atoms. The van der Waals surface area contributed by atoms with Crippen LogP contribution in [-0.4, -0.2) is 12.9 Å². The first kappa shape index (κ1) is 9.98. The standard InChI is InChI=1S/C11H10O3S/c1-7-8(3-5-14-7)10(12)11-9(13-2)4-6-15-11/h3-6H,1-2H3. The van der Waals surface area contributed by atoms with Gasteiger partial charge in [-0.3, -0.25) is 4.79 Å². The Morgan fingerprint density at radius 3 is 2.87 bits per heavy atom. The molecule has 15 heavy (non-hydrogen) atoms. The summed E-state index contributed by atoms with van der Waals surface area (Å²) < 4.78 is 10.2. The van der Waals surface area contributed by atoms with Crippen LogP contribution in [0.25, 0.3) is 0 Å². The number of hydrogen-bond acceptors (Lipinski definition) is 4. The van der Waals surface area contributed by atoms with Gasteiger partial charge in [-0.25, -0.2) is 0 Å². The van der Waals surface area contributed by atoms with Crippen LogP contribution in [0.4, 0.5) is 0 Å². The maximum atomic E-state index is 12.0. The maximum Gasteiger partial charge on any atom is 0.210 e. The van der Waals surface area contributed by atoms with Crippen molar-refractivity contribution in [1.29, 1.82) is 0 Å². The van der Waals surface area contributed by atoms with Crippen LogP contribution in [-0.2, 0) is 0 Å². The van der Waals surface area contributed by atoms with Gasteiger partial charge in [-0.1, -0.05) is 0 Å². The molecule has 0 unspecified atom stereocenters. The topological polar surface area (TPSA) is 39.4 Å². The summed E-state index contributed by atoms with van der Waals surface area (Å²) in [5, 5.41) is 1.83. The van der Waals surface area contributed by atoms with Gasteiger partial charge in [0.1, 0.15) is 16.4 Å². The number of carbonyl (C=O) groups is 1. The average Bonchev–Trinajstić information content (AvgIpc) is 2.84. The Kier molecular flexibility index (Phi) is 2.60. The highest BCUT2D eigenvalue weighted by Gasteiger charge is 2.18. The molecule has 2 rings (SSSR count). The molecule has 0 N–H and O–H groups in total. The Labute approximate surface area is 91.3 Å². The molecule has 0 fully saturated rings. The quantitative estimate of drug-likeness (QED) is 0.749.